The van der Waals surface area contributed by atoms with Gasteiger partial charge in [0.2, 0.25) is 0 Å². The smallest absolute Gasteiger partial charge is 0.280 e. The van der Waals surface area contributed by atoms with Crippen LogP contribution in [0.25, 0.3) is 38.7 Å². The van der Waals surface area contributed by atoms with Crippen LogP contribution in [-0.4, -0.2) is 14.6 Å². The Labute approximate surface area is 147 Å². The van der Waals surface area contributed by atoms with E-state index in [1.54, 1.807) is 17.5 Å². The lowest BCUT2D eigenvalue weighted by molar-refractivity contribution is 0.902. The lowest BCUT2D eigenvalue weighted by Crippen LogP contribution is -2.16. The molecule has 0 bridgehead atoms. The fraction of sp³-hybridized carbons (Fsp3) is 0. The minimum atomic E-state index is -0.0876. The van der Waals surface area contributed by atoms with Crippen molar-refractivity contribution in [3.63, 3.8) is 0 Å². The summed E-state index contributed by atoms with van der Waals surface area (Å²) in [6.07, 6.45) is 3.50. The van der Waals surface area contributed by atoms with E-state index < -0.39 is 0 Å². The maximum absolute atomic E-state index is 12.8. The number of H-pyrrole nitrogens is 1. The molecule has 0 aliphatic rings. The molecule has 25 heavy (non-hydrogen) atoms. The van der Waals surface area contributed by atoms with Crippen molar-refractivity contribution in [1.82, 2.24) is 14.6 Å². The summed E-state index contributed by atoms with van der Waals surface area (Å²) < 4.78 is 1.51. The van der Waals surface area contributed by atoms with E-state index in [2.05, 4.69) is 40.4 Å². The standard InChI is InChI=1S/C20H13N3OS/c24-20-18(16-7-8-25-12-16)10-21-19-17(11-22-23(19)20)15-6-5-13-3-1-2-4-14(13)9-15/h1-12,22H. The Morgan fingerprint density at radius 2 is 1.84 bits per heavy atom. The minimum absolute atomic E-state index is 0.0876. The molecule has 2 aromatic carbocycles. The SMILES string of the molecule is O=c1c(-c2ccsc2)cnc2c(-c3ccc4ccccc4c3)c[nH]n12. The summed E-state index contributed by atoms with van der Waals surface area (Å²) in [5.41, 5.74) is 4.01. The molecule has 0 atom stereocenters. The highest BCUT2D eigenvalue weighted by molar-refractivity contribution is 7.08. The maximum atomic E-state index is 12.8. The third-order valence-corrected chi connectivity index (χ3v) is 5.12. The number of hydrogen-bond acceptors (Lipinski definition) is 3. The molecule has 0 saturated heterocycles. The number of fused-ring (bicyclic) bond motifs is 2. The highest BCUT2D eigenvalue weighted by Crippen LogP contribution is 2.27. The molecule has 120 valence electrons. The Kier molecular flexibility index (Phi) is 3.08. The quantitative estimate of drug-likeness (QED) is 0.510. The molecule has 5 rings (SSSR count). The van der Waals surface area contributed by atoms with Crippen molar-refractivity contribution in [2.45, 2.75) is 0 Å². The number of nitrogens with one attached hydrogen (secondary N) is 1. The molecule has 4 nitrogen and oxygen atoms in total. The topological polar surface area (TPSA) is 50.2 Å². The number of benzene rings is 2. The van der Waals surface area contributed by atoms with Gasteiger partial charge in [-0.2, -0.15) is 11.3 Å². The number of aromatic nitrogens is 3. The van der Waals surface area contributed by atoms with Gasteiger partial charge in [-0.3, -0.25) is 9.89 Å². The van der Waals surface area contributed by atoms with Crippen molar-refractivity contribution in [3.8, 4) is 22.3 Å². The van der Waals surface area contributed by atoms with Gasteiger partial charge in [-0.15, -0.1) is 0 Å². The van der Waals surface area contributed by atoms with E-state index in [9.17, 15) is 4.79 Å². The zero-order chi connectivity index (χ0) is 16.8. The molecule has 3 aromatic heterocycles. The molecule has 0 spiro atoms. The van der Waals surface area contributed by atoms with Crippen LogP contribution >= 0.6 is 11.3 Å². The summed E-state index contributed by atoms with van der Waals surface area (Å²) in [6, 6.07) is 16.4. The second-order valence-electron chi connectivity index (χ2n) is 5.90. The van der Waals surface area contributed by atoms with E-state index in [4.69, 9.17) is 0 Å². The maximum Gasteiger partial charge on any atom is 0.280 e. The van der Waals surface area contributed by atoms with E-state index in [0.717, 1.165) is 22.1 Å². The predicted molar refractivity (Wildman–Crippen MR) is 102 cm³/mol. The Balaban J connectivity index is 1.72. The summed E-state index contributed by atoms with van der Waals surface area (Å²) in [5.74, 6) is 0. The van der Waals surface area contributed by atoms with Gasteiger partial charge in [-0.25, -0.2) is 9.50 Å². The lowest BCUT2D eigenvalue weighted by Gasteiger charge is -2.03. The van der Waals surface area contributed by atoms with Crippen LogP contribution in [0.3, 0.4) is 0 Å². The van der Waals surface area contributed by atoms with Gasteiger partial charge in [-0.05, 0) is 44.8 Å². The van der Waals surface area contributed by atoms with Crippen LogP contribution in [0.5, 0.6) is 0 Å². The first-order valence-corrected chi connectivity index (χ1v) is 8.86. The van der Waals surface area contributed by atoms with Gasteiger partial charge in [0.15, 0.2) is 5.65 Å². The molecule has 5 heteroatoms. The first-order valence-electron chi connectivity index (χ1n) is 7.92. The van der Waals surface area contributed by atoms with Crippen LogP contribution < -0.4 is 5.56 Å². The fourth-order valence-corrected chi connectivity index (χ4v) is 3.80. The molecule has 5 aromatic rings. The van der Waals surface area contributed by atoms with E-state index in [1.807, 2.05) is 35.2 Å². The van der Waals surface area contributed by atoms with E-state index in [-0.39, 0.29) is 5.56 Å². The van der Waals surface area contributed by atoms with Crippen LogP contribution in [0.4, 0.5) is 0 Å². The van der Waals surface area contributed by atoms with E-state index in [0.29, 0.717) is 11.2 Å². The van der Waals surface area contributed by atoms with Crippen molar-refractivity contribution in [3.05, 3.63) is 82.0 Å². The highest BCUT2D eigenvalue weighted by atomic mass is 32.1. The monoisotopic (exact) mass is 343 g/mol. The largest absolute Gasteiger partial charge is 0.296 e. The third-order valence-electron chi connectivity index (χ3n) is 4.43. The molecule has 3 heterocycles. The van der Waals surface area contributed by atoms with Crippen molar-refractivity contribution >= 4 is 27.8 Å². The Bertz CT molecular complexity index is 1270. The first-order chi connectivity index (χ1) is 12.3. The molecule has 0 radical (unpaired) electrons. The highest BCUT2D eigenvalue weighted by Gasteiger charge is 2.13. The van der Waals surface area contributed by atoms with Crippen LogP contribution in [-0.2, 0) is 0 Å². The average molecular weight is 343 g/mol. The van der Waals surface area contributed by atoms with Crippen LogP contribution in [0.15, 0.2) is 76.5 Å². The van der Waals surface area contributed by atoms with Gasteiger partial charge >= 0.3 is 0 Å². The van der Waals surface area contributed by atoms with Crippen molar-refractivity contribution in [2.75, 3.05) is 0 Å². The molecule has 0 saturated carbocycles. The molecular weight excluding hydrogens is 330 g/mol. The average Bonchev–Trinajstić information content (AvgIpc) is 3.32. The number of nitrogens with zero attached hydrogens (tertiary/aromatic N) is 2. The summed E-state index contributed by atoms with van der Waals surface area (Å²) >= 11 is 1.57. The molecule has 0 aliphatic heterocycles. The van der Waals surface area contributed by atoms with E-state index in [1.165, 1.54) is 9.90 Å². The normalized spacial score (nSPS) is 11.4. The minimum Gasteiger partial charge on any atom is -0.296 e. The summed E-state index contributed by atoms with van der Waals surface area (Å²) in [4.78, 5) is 17.3. The molecule has 0 aliphatic carbocycles. The predicted octanol–water partition coefficient (Wildman–Crippen LogP) is 4.57. The summed E-state index contributed by atoms with van der Waals surface area (Å²) in [5, 5.41) is 9.32. The van der Waals surface area contributed by atoms with Crippen LogP contribution in [0.1, 0.15) is 0 Å². The van der Waals surface area contributed by atoms with Gasteiger partial charge in [0.25, 0.3) is 5.56 Å². The molecule has 0 unspecified atom stereocenters. The third kappa shape index (κ3) is 2.21. The van der Waals surface area contributed by atoms with Crippen LogP contribution in [0, 0.1) is 0 Å². The number of hydrogen-bond donors (Lipinski definition) is 1. The van der Waals surface area contributed by atoms with Crippen LogP contribution in [0.2, 0.25) is 0 Å². The Morgan fingerprint density at radius 3 is 2.68 bits per heavy atom. The van der Waals surface area contributed by atoms with Gasteiger partial charge in [-0.1, -0.05) is 36.4 Å². The lowest BCUT2D eigenvalue weighted by atomic mass is 10.0. The van der Waals surface area contributed by atoms with Crippen molar-refractivity contribution in [1.29, 1.82) is 0 Å². The Morgan fingerprint density at radius 1 is 0.960 bits per heavy atom. The van der Waals surface area contributed by atoms with Gasteiger partial charge in [0.05, 0.1) is 5.56 Å². The van der Waals surface area contributed by atoms with E-state index >= 15 is 0 Å². The summed E-state index contributed by atoms with van der Waals surface area (Å²) in [6.45, 7) is 0. The Hall–Kier alpha value is -3.18. The molecule has 0 fully saturated rings. The first kappa shape index (κ1) is 14.2. The molecule has 1 N–H and O–H groups in total. The van der Waals surface area contributed by atoms with Gasteiger partial charge < -0.3 is 0 Å². The van der Waals surface area contributed by atoms with Gasteiger partial charge in [0.1, 0.15) is 0 Å². The van der Waals surface area contributed by atoms with Crippen molar-refractivity contribution < 1.29 is 0 Å². The second-order valence-corrected chi connectivity index (χ2v) is 6.68. The fourth-order valence-electron chi connectivity index (χ4n) is 3.14. The summed E-state index contributed by atoms with van der Waals surface area (Å²) in [7, 11) is 0. The molecule has 0 amide bonds. The van der Waals surface area contributed by atoms with Gasteiger partial charge in [0, 0.05) is 18.0 Å². The molecular formula is C20H13N3OS. The number of aromatic amines is 1. The second kappa shape index (κ2) is 5.43. The van der Waals surface area contributed by atoms with Crippen molar-refractivity contribution in [2.24, 2.45) is 0 Å². The zero-order valence-electron chi connectivity index (χ0n) is 13.1. The number of rotatable bonds is 2. The zero-order valence-corrected chi connectivity index (χ0v) is 14.0. The number of thiophene rings is 1.